The zero-order chi connectivity index (χ0) is 15.1. The Labute approximate surface area is 130 Å². The van der Waals surface area contributed by atoms with Gasteiger partial charge >= 0.3 is 0 Å². The molecule has 2 aromatic rings. The Morgan fingerprint density at radius 3 is 2.81 bits per heavy atom. The van der Waals surface area contributed by atoms with Crippen molar-refractivity contribution in [1.82, 2.24) is 4.90 Å². The third kappa shape index (κ3) is 5.50. The summed E-state index contributed by atoms with van der Waals surface area (Å²) in [5, 5.41) is 12.2. The number of thiophene rings is 1. The fourth-order valence-corrected chi connectivity index (χ4v) is 2.92. The Morgan fingerprint density at radius 1 is 1.29 bits per heavy atom. The van der Waals surface area contributed by atoms with Crippen LogP contribution in [0.3, 0.4) is 0 Å². The molecule has 0 bridgehead atoms. The van der Waals surface area contributed by atoms with Crippen molar-refractivity contribution in [3.8, 4) is 5.75 Å². The number of aliphatic hydroxyl groups is 1. The lowest BCUT2D eigenvalue weighted by molar-refractivity contribution is 0.0678. The Bertz CT molecular complexity index is 527. The zero-order valence-electron chi connectivity index (χ0n) is 12.7. The fourth-order valence-electron chi connectivity index (χ4n) is 2.18. The molecule has 3 nitrogen and oxygen atoms in total. The monoisotopic (exact) mass is 305 g/mol. The van der Waals surface area contributed by atoms with E-state index in [1.54, 1.807) is 11.3 Å². The first kappa shape index (κ1) is 16.0. The predicted molar refractivity (Wildman–Crippen MR) is 88.0 cm³/mol. The van der Waals surface area contributed by atoms with Crippen molar-refractivity contribution in [3.63, 3.8) is 0 Å². The number of aliphatic hydroxyl groups excluding tert-OH is 1. The topological polar surface area (TPSA) is 32.7 Å². The fraction of sp³-hybridized carbons (Fsp3) is 0.412. The summed E-state index contributed by atoms with van der Waals surface area (Å²) in [5.41, 5.74) is 1.16. The number of rotatable bonds is 8. The van der Waals surface area contributed by atoms with E-state index in [-0.39, 0.29) is 0 Å². The molecule has 0 amide bonds. The normalized spacial score (nSPS) is 12.6. The second kappa shape index (κ2) is 8.17. The Morgan fingerprint density at radius 2 is 2.14 bits per heavy atom. The van der Waals surface area contributed by atoms with Gasteiger partial charge in [-0.05, 0) is 42.6 Å². The minimum absolute atomic E-state index is 0.324. The molecular formula is C17H23NO2S. The molecule has 0 spiro atoms. The van der Waals surface area contributed by atoms with Crippen molar-refractivity contribution in [2.45, 2.75) is 26.5 Å². The lowest BCUT2D eigenvalue weighted by Gasteiger charge is -2.23. The molecule has 1 aromatic heterocycles. The number of ether oxygens (including phenoxy) is 1. The Kier molecular flexibility index (Phi) is 6.23. The van der Waals surface area contributed by atoms with Crippen LogP contribution in [0.2, 0.25) is 0 Å². The average molecular weight is 305 g/mol. The molecule has 0 radical (unpaired) electrons. The van der Waals surface area contributed by atoms with Crippen LogP contribution >= 0.6 is 11.3 Å². The van der Waals surface area contributed by atoms with Crippen LogP contribution in [0.25, 0.3) is 0 Å². The molecule has 1 heterocycles. The summed E-state index contributed by atoms with van der Waals surface area (Å²) in [4.78, 5) is 3.56. The summed E-state index contributed by atoms with van der Waals surface area (Å²) in [5.74, 6) is 0.815. The molecule has 0 saturated carbocycles. The van der Waals surface area contributed by atoms with Gasteiger partial charge in [0.1, 0.15) is 18.5 Å². The molecule has 0 fully saturated rings. The standard InChI is InChI=1S/C17H23NO2S/c1-3-18(12-17-8-5-9-21-17)11-15(19)13-20-16-7-4-6-14(2)10-16/h4-10,15,19H,3,11-13H2,1-2H3. The summed E-state index contributed by atoms with van der Waals surface area (Å²) in [7, 11) is 0. The molecule has 1 unspecified atom stereocenters. The largest absolute Gasteiger partial charge is 0.491 e. The molecular weight excluding hydrogens is 282 g/mol. The van der Waals surface area contributed by atoms with E-state index < -0.39 is 6.10 Å². The third-order valence-corrected chi connectivity index (χ3v) is 4.17. The van der Waals surface area contributed by atoms with E-state index in [0.29, 0.717) is 13.2 Å². The SMILES string of the molecule is CCN(Cc1cccs1)CC(O)COc1cccc(C)c1. The summed E-state index contributed by atoms with van der Waals surface area (Å²) in [6.45, 7) is 6.89. The van der Waals surface area contributed by atoms with Gasteiger partial charge in [-0.1, -0.05) is 25.1 Å². The molecule has 114 valence electrons. The quantitative estimate of drug-likeness (QED) is 0.812. The van der Waals surface area contributed by atoms with E-state index in [1.807, 2.05) is 31.2 Å². The van der Waals surface area contributed by atoms with Gasteiger partial charge in [0.25, 0.3) is 0 Å². The summed E-state index contributed by atoms with van der Waals surface area (Å²) < 4.78 is 5.66. The van der Waals surface area contributed by atoms with Crippen molar-refractivity contribution in [3.05, 3.63) is 52.2 Å². The summed E-state index contributed by atoms with van der Waals surface area (Å²) in [6.07, 6.45) is -0.481. The van der Waals surface area contributed by atoms with Gasteiger partial charge in [-0.25, -0.2) is 0 Å². The molecule has 21 heavy (non-hydrogen) atoms. The molecule has 0 aliphatic heterocycles. The maximum atomic E-state index is 10.1. The van der Waals surface area contributed by atoms with Gasteiger partial charge in [0.2, 0.25) is 0 Å². The van der Waals surface area contributed by atoms with Crippen molar-refractivity contribution in [2.75, 3.05) is 19.7 Å². The lowest BCUT2D eigenvalue weighted by atomic mass is 10.2. The van der Waals surface area contributed by atoms with Crippen LogP contribution in [0.4, 0.5) is 0 Å². The second-order valence-electron chi connectivity index (χ2n) is 5.19. The summed E-state index contributed by atoms with van der Waals surface area (Å²) in [6, 6.07) is 12.1. The predicted octanol–water partition coefficient (Wildman–Crippen LogP) is 3.32. The van der Waals surface area contributed by atoms with Crippen LogP contribution in [-0.4, -0.2) is 35.8 Å². The molecule has 0 aliphatic rings. The van der Waals surface area contributed by atoms with Crippen LogP contribution in [0.15, 0.2) is 41.8 Å². The van der Waals surface area contributed by atoms with Crippen LogP contribution in [0, 0.1) is 6.92 Å². The van der Waals surface area contributed by atoms with Gasteiger partial charge < -0.3 is 9.84 Å². The first-order valence-electron chi connectivity index (χ1n) is 7.29. The van der Waals surface area contributed by atoms with Gasteiger partial charge in [0.05, 0.1) is 0 Å². The van der Waals surface area contributed by atoms with Gasteiger partial charge in [-0.2, -0.15) is 0 Å². The summed E-state index contributed by atoms with van der Waals surface area (Å²) >= 11 is 1.75. The number of likely N-dealkylation sites (N-methyl/N-ethyl adjacent to an activating group) is 1. The first-order chi connectivity index (χ1) is 10.2. The Balaban J connectivity index is 1.78. The average Bonchev–Trinajstić information content (AvgIpc) is 2.97. The molecule has 4 heteroatoms. The van der Waals surface area contributed by atoms with Crippen LogP contribution in [-0.2, 0) is 6.54 Å². The lowest BCUT2D eigenvalue weighted by Crippen LogP contribution is -2.35. The number of aryl methyl sites for hydroxylation is 1. The molecule has 2 rings (SSSR count). The molecule has 0 saturated heterocycles. The highest BCUT2D eigenvalue weighted by Gasteiger charge is 2.12. The van der Waals surface area contributed by atoms with E-state index in [1.165, 1.54) is 4.88 Å². The highest BCUT2D eigenvalue weighted by atomic mass is 32.1. The minimum atomic E-state index is -0.481. The van der Waals surface area contributed by atoms with Crippen molar-refractivity contribution in [2.24, 2.45) is 0 Å². The van der Waals surface area contributed by atoms with Crippen LogP contribution in [0.1, 0.15) is 17.4 Å². The van der Waals surface area contributed by atoms with E-state index >= 15 is 0 Å². The Hall–Kier alpha value is -1.36. The molecule has 1 atom stereocenters. The maximum absolute atomic E-state index is 10.1. The van der Waals surface area contributed by atoms with Gasteiger partial charge in [0, 0.05) is 18.0 Å². The number of nitrogens with zero attached hydrogens (tertiary/aromatic N) is 1. The molecule has 1 aromatic carbocycles. The first-order valence-corrected chi connectivity index (χ1v) is 8.17. The van der Waals surface area contributed by atoms with Crippen LogP contribution in [0.5, 0.6) is 5.75 Å². The number of benzene rings is 1. The van der Waals surface area contributed by atoms with Crippen molar-refractivity contribution >= 4 is 11.3 Å². The van der Waals surface area contributed by atoms with E-state index in [2.05, 4.69) is 29.3 Å². The zero-order valence-corrected chi connectivity index (χ0v) is 13.5. The minimum Gasteiger partial charge on any atom is -0.491 e. The highest BCUT2D eigenvalue weighted by Crippen LogP contribution is 2.14. The molecule has 1 N–H and O–H groups in total. The smallest absolute Gasteiger partial charge is 0.119 e. The van der Waals surface area contributed by atoms with Crippen molar-refractivity contribution in [1.29, 1.82) is 0 Å². The van der Waals surface area contributed by atoms with Crippen LogP contribution < -0.4 is 4.74 Å². The van der Waals surface area contributed by atoms with E-state index in [4.69, 9.17) is 4.74 Å². The van der Waals surface area contributed by atoms with Gasteiger partial charge in [-0.15, -0.1) is 11.3 Å². The van der Waals surface area contributed by atoms with E-state index in [0.717, 1.165) is 24.4 Å². The number of hydrogen-bond donors (Lipinski definition) is 1. The maximum Gasteiger partial charge on any atom is 0.119 e. The third-order valence-electron chi connectivity index (χ3n) is 3.31. The van der Waals surface area contributed by atoms with Gasteiger partial charge in [0.15, 0.2) is 0 Å². The highest BCUT2D eigenvalue weighted by molar-refractivity contribution is 7.09. The molecule has 0 aliphatic carbocycles. The number of hydrogen-bond acceptors (Lipinski definition) is 4. The van der Waals surface area contributed by atoms with Gasteiger partial charge in [-0.3, -0.25) is 4.90 Å². The van der Waals surface area contributed by atoms with E-state index in [9.17, 15) is 5.11 Å². The van der Waals surface area contributed by atoms with Crippen molar-refractivity contribution < 1.29 is 9.84 Å². The second-order valence-corrected chi connectivity index (χ2v) is 6.22.